The minimum absolute atomic E-state index is 0.0956. The Kier molecular flexibility index (Phi) is 4.03. The van der Waals surface area contributed by atoms with E-state index in [1.165, 1.54) is 23.9 Å². The van der Waals surface area contributed by atoms with Crippen LogP contribution in [0.1, 0.15) is 26.3 Å². The van der Waals surface area contributed by atoms with E-state index in [-0.39, 0.29) is 11.2 Å². The summed E-state index contributed by atoms with van der Waals surface area (Å²) in [5, 5.41) is 23.0. The maximum atomic E-state index is 10.6. The SMILES string of the molecule is CC(C)(C)n1nnnc1SCc1ccc([N+](=O)[O-])cc1. The molecule has 106 valence electrons. The zero-order valence-corrected chi connectivity index (χ0v) is 12.3. The maximum Gasteiger partial charge on any atom is 0.269 e. The first-order valence-electron chi connectivity index (χ1n) is 6.03. The van der Waals surface area contributed by atoms with Crippen molar-refractivity contribution in [2.45, 2.75) is 37.2 Å². The fraction of sp³-hybridized carbons (Fsp3) is 0.417. The number of benzene rings is 1. The molecule has 7 nitrogen and oxygen atoms in total. The molecule has 0 fully saturated rings. The average Bonchev–Trinajstić information content (AvgIpc) is 2.85. The third kappa shape index (κ3) is 3.32. The molecule has 1 aromatic heterocycles. The standard InChI is InChI=1S/C12H15N5O2S/c1-12(2,3)16-11(13-14-15-16)20-8-9-4-6-10(7-5-9)17(18)19/h4-7H,8H2,1-3H3. The van der Waals surface area contributed by atoms with E-state index in [0.29, 0.717) is 5.75 Å². The van der Waals surface area contributed by atoms with Gasteiger partial charge >= 0.3 is 0 Å². The van der Waals surface area contributed by atoms with E-state index in [2.05, 4.69) is 15.5 Å². The van der Waals surface area contributed by atoms with Gasteiger partial charge in [0.05, 0.1) is 10.5 Å². The lowest BCUT2D eigenvalue weighted by Crippen LogP contribution is -2.24. The molecule has 2 rings (SSSR count). The van der Waals surface area contributed by atoms with Crippen molar-refractivity contribution in [2.24, 2.45) is 0 Å². The van der Waals surface area contributed by atoms with Crippen molar-refractivity contribution < 1.29 is 4.92 Å². The van der Waals surface area contributed by atoms with Crippen LogP contribution in [-0.4, -0.2) is 25.1 Å². The summed E-state index contributed by atoms with van der Waals surface area (Å²) >= 11 is 1.50. The highest BCUT2D eigenvalue weighted by atomic mass is 32.2. The predicted octanol–water partition coefficient (Wildman–Crippen LogP) is 2.63. The Hall–Kier alpha value is -1.96. The first-order valence-corrected chi connectivity index (χ1v) is 7.01. The number of aromatic nitrogens is 4. The third-order valence-corrected chi connectivity index (χ3v) is 3.58. The van der Waals surface area contributed by atoms with Crippen molar-refractivity contribution in [1.29, 1.82) is 0 Å². The lowest BCUT2D eigenvalue weighted by molar-refractivity contribution is -0.384. The van der Waals surface area contributed by atoms with Crippen LogP contribution >= 0.6 is 11.8 Å². The highest BCUT2D eigenvalue weighted by molar-refractivity contribution is 7.98. The van der Waals surface area contributed by atoms with Crippen LogP contribution in [0.5, 0.6) is 0 Å². The molecule has 0 saturated carbocycles. The van der Waals surface area contributed by atoms with Crippen molar-refractivity contribution in [2.75, 3.05) is 0 Å². The van der Waals surface area contributed by atoms with Crippen molar-refractivity contribution in [3.05, 3.63) is 39.9 Å². The van der Waals surface area contributed by atoms with Gasteiger partial charge in [-0.1, -0.05) is 23.9 Å². The summed E-state index contributed by atoms with van der Waals surface area (Å²) in [7, 11) is 0. The molecule has 0 radical (unpaired) electrons. The molecule has 20 heavy (non-hydrogen) atoms. The number of thioether (sulfide) groups is 1. The second kappa shape index (κ2) is 5.58. The van der Waals surface area contributed by atoms with E-state index in [1.54, 1.807) is 16.8 Å². The molecule has 0 aliphatic rings. The smallest absolute Gasteiger partial charge is 0.258 e. The molecule has 1 aromatic carbocycles. The largest absolute Gasteiger partial charge is 0.269 e. The Balaban J connectivity index is 2.06. The Morgan fingerprint density at radius 3 is 2.50 bits per heavy atom. The Morgan fingerprint density at radius 2 is 1.95 bits per heavy atom. The molecular weight excluding hydrogens is 278 g/mol. The van der Waals surface area contributed by atoms with E-state index in [9.17, 15) is 10.1 Å². The summed E-state index contributed by atoms with van der Waals surface area (Å²) in [6, 6.07) is 6.50. The van der Waals surface area contributed by atoms with Gasteiger partial charge < -0.3 is 0 Å². The van der Waals surface area contributed by atoms with Crippen LogP contribution in [0.15, 0.2) is 29.4 Å². The Bertz CT molecular complexity index is 603. The van der Waals surface area contributed by atoms with Gasteiger partial charge in [0.1, 0.15) is 0 Å². The van der Waals surface area contributed by atoms with Crippen molar-refractivity contribution in [1.82, 2.24) is 20.2 Å². The maximum absolute atomic E-state index is 10.6. The fourth-order valence-electron chi connectivity index (χ4n) is 1.55. The summed E-state index contributed by atoms with van der Waals surface area (Å²) in [5.41, 5.74) is 0.906. The van der Waals surface area contributed by atoms with Crippen LogP contribution in [0, 0.1) is 10.1 Å². The number of hydrogen-bond acceptors (Lipinski definition) is 6. The number of tetrazole rings is 1. The van der Waals surface area contributed by atoms with E-state index in [0.717, 1.165) is 10.7 Å². The predicted molar refractivity (Wildman–Crippen MR) is 75.5 cm³/mol. The second-order valence-corrected chi connectivity index (χ2v) is 6.20. The van der Waals surface area contributed by atoms with Gasteiger partial charge in [-0.2, -0.15) is 0 Å². The summed E-state index contributed by atoms with van der Waals surface area (Å²) < 4.78 is 1.77. The summed E-state index contributed by atoms with van der Waals surface area (Å²) in [6.45, 7) is 6.08. The molecular formula is C12H15N5O2S. The van der Waals surface area contributed by atoms with Gasteiger partial charge in [-0.3, -0.25) is 10.1 Å². The molecule has 0 N–H and O–H groups in total. The number of nitro benzene ring substituents is 1. The van der Waals surface area contributed by atoms with Crippen molar-refractivity contribution >= 4 is 17.4 Å². The third-order valence-electron chi connectivity index (χ3n) is 2.59. The van der Waals surface area contributed by atoms with Gasteiger partial charge in [-0.15, -0.1) is 5.10 Å². The van der Waals surface area contributed by atoms with E-state index in [1.807, 2.05) is 20.8 Å². The van der Waals surface area contributed by atoms with E-state index >= 15 is 0 Å². The van der Waals surface area contributed by atoms with Gasteiger partial charge in [-0.25, -0.2) is 4.68 Å². The van der Waals surface area contributed by atoms with Crippen molar-refractivity contribution in [3.8, 4) is 0 Å². The van der Waals surface area contributed by atoms with E-state index in [4.69, 9.17) is 0 Å². The lowest BCUT2D eigenvalue weighted by atomic mass is 10.1. The molecule has 0 saturated heterocycles. The molecule has 0 atom stereocenters. The number of nitrogens with zero attached hydrogens (tertiary/aromatic N) is 5. The summed E-state index contributed by atoms with van der Waals surface area (Å²) in [4.78, 5) is 10.2. The number of non-ortho nitro benzene ring substituents is 1. The Morgan fingerprint density at radius 1 is 1.30 bits per heavy atom. The molecule has 0 amide bonds. The van der Waals surface area contributed by atoms with Gasteiger partial charge in [0.25, 0.3) is 5.69 Å². The number of hydrogen-bond donors (Lipinski definition) is 0. The molecule has 2 aromatic rings. The molecule has 0 aliphatic heterocycles. The molecule has 0 unspecified atom stereocenters. The normalized spacial score (nSPS) is 11.6. The Labute approximate surface area is 120 Å². The molecule has 0 bridgehead atoms. The summed E-state index contributed by atoms with van der Waals surface area (Å²) in [6.07, 6.45) is 0. The monoisotopic (exact) mass is 293 g/mol. The first-order chi connectivity index (χ1) is 9.38. The fourth-order valence-corrected chi connectivity index (χ4v) is 2.57. The van der Waals surface area contributed by atoms with E-state index < -0.39 is 4.92 Å². The van der Waals surface area contributed by atoms with Crippen molar-refractivity contribution in [3.63, 3.8) is 0 Å². The quantitative estimate of drug-likeness (QED) is 0.489. The highest BCUT2D eigenvalue weighted by Crippen LogP contribution is 2.25. The zero-order chi connectivity index (χ0) is 14.8. The average molecular weight is 293 g/mol. The molecule has 0 aliphatic carbocycles. The van der Waals surface area contributed by atoms with Crippen LogP contribution in [-0.2, 0) is 11.3 Å². The topological polar surface area (TPSA) is 86.7 Å². The molecule has 0 spiro atoms. The van der Waals surface area contributed by atoms with Gasteiger partial charge in [0.15, 0.2) is 0 Å². The molecule has 1 heterocycles. The molecule has 8 heteroatoms. The zero-order valence-electron chi connectivity index (χ0n) is 11.5. The van der Waals surface area contributed by atoms with Gasteiger partial charge in [0, 0.05) is 17.9 Å². The van der Waals surface area contributed by atoms with Crippen LogP contribution < -0.4 is 0 Å². The van der Waals surface area contributed by atoms with Crippen LogP contribution in [0.4, 0.5) is 5.69 Å². The highest BCUT2D eigenvalue weighted by Gasteiger charge is 2.19. The lowest BCUT2D eigenvalue weighted by Gasteiger charge is -2.19. The first kappa shape index (κ1) is 14.4. The minimum atomic E-state index is -0.406. The minimum Gasteiger partial charge on any atom is -0.258 e. The summed E-state index contributed by atoms with van der Waals surface area (Å²) in [5.74, 6) is 0.661. The van der Waals surface area contributed by atoms with Crippen LogP contribution in [0.3, 0.4) is 0 Å². The van der Waals surface area contributed by atoms with Gasteiger partial charge in [0.2, 0.25) is 5.16 Å². The number of nitro groups is 1. The van der Waals surface area contributed by atoms with Gasteiger partial charge in [-0.05, 0) is 36.8 Å². The van der Waals surface area contributed by atoms with Crippen LogP contribution in [0.25, 0.3) is 0 Å². The number of rotatable bonds is 4. The van der Waals surface area contributed by atoms with Crippen LogP contribution in [0.2, 0.25) is 0 Å². The second-order valence-electron chi connectivity index (χ2n) is 5.26.